The van der Waals surface area contributed by atoms with E-state index in [9.17, 15) is 4.79 Å². The highest BCUT2D eigenvalue weighted by Crippen LogP contribution is 2.15. The van der Waals surface area contributed by atoms with Gasteiger partial charge in [0.15, 0.2) is 0 Å². The molecule has 1 heterocycles. The average molecular weight is 255 g/mol. The quantitative estimate of drug-likeness (QED) is 0.658. The minimum atomic E-state index is -0.212. The van der Waals surface area contributed by atoms with Gasteiger partial charge in [0, 0.05) is 5.56 Å². The van der Waals surface area contributed by atoms with Crippen molar-refractivity contribution in [3.63, 3.8) is 0 Å². The van der Waals surface area contributed by atoms with E-state index < -0.39 is 0 Å². The standard InChI is InChI=1S/C14H11N3O2/c1-19-11-8-6-10(7-9-11)14(18)17-13-5-3-2-4-12(13)15-16-17/h2-9H,1H3/i18+2. The van der Waals surface area contributed by atoms with Gasteiger partial charge >= 0.3 is 0 Å². The van der Waals surface area contributed by atoms with E-state index in [1.165, 1.54) is 4.68 Å². The first kappa shape index (κ1) is 11.4. The van der Waals surface area contributed by atoms with Crippen molar-refractivity contribution < 1.29 is 9.53 Å². The van der Waals surface area contributed by atoms with Crippen LogP contribution in [0.5, 0.6) is 5.75 Å². The molecule has 2 aromatic carbocycles. The molecule has 1 aromatic heterocycles. The van der Waals surface area contributed by atoms with Crippen molar-refractivity contribution in [1.29, 1.82) is 0 Å². The van der Waals surface area contributed by atoms with Crippen LogP contribution in [-0.4, -0.2) is 28.0 Å². The lowest BCUT2D eigenvalue weighted by molar-refractivity contribution is 0.0948. The van der Waals surface area contributed by atoms with E-state index in [1.54, 1.807) is 31.4 Å². The van der Waals surface area contributed by atoms with E-state index in [0.717, 1.165) is 0 Å². The van der Waals surface area contributed by atoms with Crippen LogP contribution in [0.4, 0.5) is 0 Å². The van der Waals surface area contributed by atoms with Crippen molar-refractivity contribution in [2.75, 3.05) is 7.11 Å². The second-order valence-electron chi connectivity index (χ2n) is 4.02. The Hall–Kier alpha value is -2.69. The average Bonchev–Trinajstić information content (AvgIpc) is 2.90. The fourth-order valence-electron chi connectivity index (χ4n) is 1.87. The summed E-state index contributed by atoms with van der Waals surface area (Å²) in [5.74, 6) is 0.497. The highest BCUT2D eigenvalue weighted by atomic mass is 18.1. The zero-order chi connectivity index (χ0) is 13.2. The Morgan fingerprint density at radius 1 is 1.11 bits per heavy atom. The van der Waals surface area contributed by atoms with Gasteiger partial charge in [-0.2, -0.15) is 4.68 Å². The van der Waals surface area contributed by atoms with Gasteiger partial charge in [0.1, 0.15) is 11.3 Å². The molecule has 94 valence electrons. The zero-order valence-electron chi connectivity index (χ0n) is 10.3. The van der Waals surface area contributed by atoms with Crippen molar-refractivity contribution in [3.05, 3.63) is 54.1 Å². The second-order valence-corrected chi connectivity index (χ2v) is 4.02. The first-order valence-electron chi connectivity index (χ1n) is 5.79. The first-order valence-corrected chi connectivity index (χ1v) is 5.79. The van der Waals surface area contributed by atoms with Crippen molar-refractivity contribution in [2.45, 2.75) is 0 Å². The number of carbonyl (C=O) groups is 1. The fraction of sp³-hybridized carbons (Fsp3) is 0.0714. The second kappa shape index (κ2) is 4.53. The Bertz CT molecular complexity index is 732. The Balaban J connectivity index is 2.03. The summed E-state index contributed by atoms with van der Waals surface area (Å²) in [6, 6.07) is 14.2. The summed E-state index contributed by atoms with van der Waals surface area (Å²) >= 11 is 0. The highest BCUT2D eigenvalue weighted by molar-refractivity contribution is 6.00. The van der Waals surface area contributed by atoms with Crippen LogP contribution >= 0.6 is 0 Å². The third-order valence-electron chi connectivity index (χ3n) is 2.88. The zero-order valence-corrected chi connectivity index (χ0v) is 10.3. The number of benzene rings is 2. The minimum absolute atomic E-state index is 0.212. The predicted octanol–water partition coefficient (Wildman–Crippen LogP) is 2.13. The number of nitrogens with zero attached hydrogens (tertiary/aromatic N) is 3. The number of hydrogen-bond donors (Lipinski definition) is 0. The molecule has 0 unspecified atom stereocenters. The molecule has 0 bridgehead atoms. The van der Waals surface area contributed by atoms with Crippen molar-refractivity contribution in [1.82, 2.24) is 15.0 Å². The summed E-state index contributed by atoms with van der Waals surface area (Å²) in [4.78, 5) is 12.3. The fourth-order valence-corrected chi connectivity index (χ4v) is 1.87. The molecule has 0 fully saturated rings. The smallest absolute Gasteiger partial charge is 0.280 e. The maximum absolute atomic E-state index is 12.3. The van der Waals surface area contributed by atoms with Crippen LogP contribution < -0.4 is 4.74 Å². The summed E-state index contributed by atoms with van der Waals surface area (Å²) in [6.07, 6.45) is 0. The van der Waals surface area contributed by atoms with E-state index in [0.29, 0.717) is 22.3 Å². The summed E-state index contributed by atoms with van der Waals surface area (Å²) in [6.45, 7) is 0. The molecule has 0 amide bonds. The molecule has 0 spiro atoms. The summed E-state index contributed by atoms with van der Waals surface area (Å²) in [5.41, 5.74) is 1.93. The molecule has 3 rings (SSSR count). The van der Waals surface area contributed by atoms with Gasteiger partial charge in [0.05, 0.1) is 12.6 Å². The first-order chi connectivity index (χ1) is 9.29. The van der Waals surface area contributed by atoms with E-state index in [-0.39, 0.29) is 5.91 Å². The molecule has 5 nitrogen and oxygen atoms in total. The summed E-state index contributed by atoms with van der Waals surface area (Å²) in [7, 11) is 1.59. The number of ether oxygens (including phenoxy) is 1. The van der Waals surface area contributed by atoms with Crippen LogP contribution in [0.3, 0.4) is 0 Å². The summed E-state index contributed by atoms with van der Waals surface area (Å²) < 4.78 is 6.37. The molecule has 0 aliphatic carbocycles. The number of aromatic nitrogens is 3. The van der Waals surface area contributed by atoms with Crippen LogP contribution in [0.2, 0.25) is 0 Å². The number of rotatable bonds is 2. The topological polar surface area (TPSA) is 57.0 Å². The van der Waals surface area contributed by atoms with E-state index in [4.69, 9.17) is 4.74 Å². The molecule has 0 aliphatic rings. The molecule has 0 aliphatic heterocycles. The number of methoxy groups -OCH3 is 1. The Morgan fingerprint density at radius 2 is 1.84 bits per heavy atom. The lowest BCUT2D eigenvalue weighted by Gasteiger charge is -2.03. The van der Waals surface area contributed by atoms with Crippen LogP contribution in [-0.2, 0) is 0 Å². The van der Waals surface area contributed by atoms with Crippen LogP contribution in [0.15, 0.2) is 48.5 Å². The molecule has 5 heteroatoms. The lowest BCUT2D eigenvalue weighted by atomic mass is 10.2. The van der Waals surface area contributed by atoms with Crippen LogP contribution in [0.25, 0.3) is 11.0 Å². The predicted molar refractivity (Wildman–Crippen MR) is 70.3 cm³/mol. The number of fused-ring (bicyclic) bond motifs is 1. The Labute approximate surface area is 109 Å². The van der Waals surface area contributed by atoms with Gasteiger partial charge in [0.2, 0.25) is 0 Å². The molecule has 0 saturated heterocycles. The van der Waals surface area contributed by atoms with Gasteiger partial charge in [-0.25, -0.2) is 0 Å². The van der Waals surface area contributed by atoms with E-state index in [1.807, 2.05) is 24.3 Å². The maximum atomic E-state index is 12.3. The maximum Gasteiger partial charge on any atom is 0.280 e. The number of carbonyl (C=O) groups excluding carboxylic acids is 1. The van der Waals surface area contributed by atoms with Crippen LogP contribution in [0, 0.1) is 0 Å². The molecule has 0 saturated carbocycles. The van der Waals surface area contributed by atoms with Gasteiger partial charge < -0.3 is 4.74 Å². The third kappa shape index (κ3) is 1.95. The van der Waals surface area contributed by atoms with E-state index >= 15 is 0 Å². The van der Waals surface area contributed by atoms with Gasteiger partial charge in [-0.15, -0.1) is 5.10 Å². The molecular formula is C14H11N3O2. The van der Waals surface area contributed by atoms with Gasteiger partial charge in [-0.3, -0.25) is 4.79 Å². The van der Waals surface area contributed by atoms with Crippen LogP contribution in [0.1, 0.15) is 10.4 Å². The Morgan fingerprint density at radius 3 is 2.58 bits per heavy atom. The molecule has 0 atom stereocenters. The SMILES string of the molecule is COc1ccc(C(=[18O])n2nnc3ccccc32)cc1. The van der Waals surface area contributed by atoms with Gasteiger partial charge in [-0.05, 0) is 36.4 Å². The Kier molecular flexibility index (Phi) is 2.72. The molecule has 0 N–H and O–H groups in total. The van der Waals surface area contributed by atoms with Crippen molar-refractivity contribution >= 4 is 16.9 Å². The van der Waals surface area contributed by atoms with Gasteiger partial charge in [0.25, 0.3) is 5.91 Å². The molecule has 3 aromatic rings. The largest absolute Gasteiger partial charge is 0.497 e. The minimum Gasteiger partial charge on any atom is -0.497 e. The normalized spacial score (nSPS) is 10.6. The van der Waals surface area contributed by atoms with Crippen molar-refractivity contribution in [3.8, 4) is 5.75 Å². The lowest BCUT2D eigenvalue weighted by Crippen LogP contribution is -2.13. The number of para-hydroxylation sites is 1. The highest BCUT2D eigenvalue weighted by Gasteiger charge is 2.13. The van der Waals surface area contributed by atoms with Gasteiger partial charge in [-0.1, -0.05) is 17.3 Å². The molecule has 0 radical (unpaired) electrons. The molecule has 19 heavy (non-hydrogen) atoms. The third-order valence-corrected chi connectivity index (χ3v) is 2.88. The number of hydrogen-bond acceptors (Lipinski definition) is 4. The summed E-state index contributed by atoms with van der Waals surface area (Å²) in [5, 5.41) is 7.87. The van der Waals surface area contributed by atoms with Crippen molar-refractivity contribution in [2.24, 2.45) is 0 Å². The monoisotopic (exact) mass is 255 g/mol. The molecular weight excluding hydrogens is 244 g/mol. The van der Waals surface area contributed by atoms with E-state index in [2.05, 4.69) is 10.3 Å².